The van der Waals surface area contributed by atoms with E-state index in [9.17, 15) is 18.3 Å². The molecular formula is C16H20F3NO2. The van der Waals surface area contributed by atoms with Crippen molar-refractivity contribution in [3.63, 3.8) is 0 Å². The number of halogens is 3. The third-order valence-corrected chi connectivity index (χ3v) is 5.07. The zero-order valence-corrected chi connectivity index (χ0v) is 12.6. The third kappa shape index (κ3) is 2.33. The minimum Gasteiger partial charge on any atom is -0.394 e. The summed E-state index contributed by atoms with van der Waals surface area (Å²) in [5.74, 6) is -3.65. The molecule has 1 aromatic rings. The third-order valence-electron chi connectivity index (χ3n) is 5.07. The first-order valence-corrected chi connectivity index (χ1v) is 7.49. The quantitative estimate of drug-likeness (QED) is 0.839. The molecule has 1 aliphatic heterocycles. The minimum atomic E-state index is -1.49. The molecule has 2 aliphatic rings. The highest BCUT2D eigenvalue weighted by molar-refractivity contribution is 5.24. The Balaban J connectivity index is 1.81. The molecule has 2 fully saturated rings. The number of hydrogen-bond donors (Lipinski definition) is 2. The Hall–Kier alpha value is -1.11. The van der Waals surface area contributed by atoms with Gasteiger partial charge in [0.15, 0.2) is 17.5 Å². The Morgan fingerprint density at radius 2 is 1.95 bits per heavy atom. The first-order chi connectivity index (χ1) is 10.4. The van der Waals surface area contributed by atoms with Crippen LogP contribution in [0.3, 0.4) is 0 Å². The smallest absolute Gasteiger partial charge is 0.194 e. The van der Waals surface area contributed by atoms with Gasteiger partial charge in [0, 0.05) is 24.0 Å². The van der Waals surface area contributed by atoms with Crippen molar-refractivity contribution in [3.05, 3.63) is 35.1 Å². The van der Waals surface area contributed by atoms with Crippen molar-refractivity contribution in [2.24, 2.45) is 11.3 Å². The van der Waals surface area contributed by atoms with E-state index in [2.05, 4.69) is 19.2 Å². The molecule has 122 valence electrons. The van der Waals surface area contributed by atoms with Crippen LogP contribution >= 0.6 is 0 Å². The Morgan fingerprint density at radius 1 is 1.32 bits per heavy atom. The molecule has 6 heteroatoms. The standard InChI is InChI=1S/C16H20F3NO2/c1-16(2)14(9-3-4-22-15(9)16)20-12(7-21)8-5-10(17)13(19)11(18)6-8/h5-6,9,12,14-15,20-21H,3-4,7H2,1-2H3. The number of aliphatic hydroxyl groups excluding tert-OH is 1. The summed E-state index contributed by atoms with van der Waals surface area (Å²) in [6.07, 6.45) is 1.10. The van der Waals surface area contributed by atoms with Crippen LogP contribution in [0, 0.1) is 28.8 Å². The maximum absolute atomic E-state index is 13.4. The van der Waals surface area contributed by atoms with Gasteiger partial charge in [0.05, 0.1) is 18.8 Å². The molecule has 0 bridgehead atoms. The maximum atomic E-state index is 13.4. The molecule has 1 saturated carbocycles. The lowest BCUT2D eigenvalue weighted by Crippen LogP contribution is -2.66. The maximum Gasteiger partial charge on any atom is 0.194 e. The summed E-state index contributed by atoms with van der Waals surface area (Å²) in [7, 11) is 0. The van der Waals surface area contributed by atoms with E-state index in [0.717, 1.165) is 18.6 Å². The highest BCUT2D eigenvalue weighted by Gasteiger charge is 2.59. The molecule has 4 unspecified atom stereocenters. The molecule has 1 aromatic carbocycles. The highest BCUT2D eigenvalue weighted by Crippen LogP contribution is 2.52. The van der Waals surface area contributed by atoms with Gasteiger partial charge in [0.1, 0.15) is 0 Å². The van der Waals surface area contributed by atoms with Gasteiger partial charge in [-0.05, 0) is 24.1 Å². The first kappa shape index (κ1) is 15.8. The zero-order chi connectivity index (χ0) is 16.1. The number of benzene rings is 1. The van der Waals surface area contributed by atoms with Crippen LogP contribution in [-0.2, 0) is 4.74 Å². The summed E-state index contributed by atoms with van der Waals surface area (Å²) in [4.78, 5) is 0. The van der Waals surface area contributed by atoms with E-state index in [0.29, 0.717) is 12.5 Å². The lowest BCUT2D eigenvalue weighted by Gasteiger charge is -2.55. The lowest BCUT2D eigenvalue weighted by atomic mass is 9.57. The molecular weight excluding hydrogens is 295 g/mol. The van der Waals surface area contributed by atoms with Crippen molar-refractivity contribution >= 4 is 0 Å². The molecule has 0 radical (unpaired) electrons. The molecule has 22 heavy (non-hydrogen) atoms. The van der Waals surface area contributed by atoms with Crippen molar-refractivity contribution in [2.75, 3.05) is 13.2 Å². The van der Waals surface area contributed by atoms with E-state index in [1.807, 2.05) is 0 Å². The summed E-state index contributed by atoms with van der Waals surface area (Å²) < 4.78 is 45.6. The van der Waals surface area contributed by atoms with Crippen molar-refractivity contribution in [1.29, 1.82) is 0 Å². The number of ether oxygens (including phenoxy) is 1. The van der Waals surface area contributed by atoms with Crippen LogP contribution in [0.4, 0.5) is 13.2 Å². The van der Waals surface area contributed by atoms with E-state index < -0.39 is 23.5 Å². The Labute approximate surface area is 127 Å². The van der Waals surface area contributed by atoms with Gasteiger partial charge in [-0.15, -0.1) is 0 Å². The molecule has 3 nitrogen and oxygen atoms in total. The lowest BCUT2D eigenvalue weighted by molar-refractivity contribution is -0.116. The Kier molecular flexibility index (Phi) is 3.95. The zero-order valence-electron chi connectivity index (χ0n) is 12.6. The van der Waals surface area contributed by atoms with Gasteiger partial charge in [-0.2, -0.15) is 0 Å². The molecule has 2 N–H and O–H groups in total. The van der Waals surface area contributed by atoms with Gasteiger partial charge in [-0.3, -0.25) is 0 Å². The van der Waals surface area contributed by atoms with Gasteiger partial charge in [0.2, 0.25) is 0 Å². The first-order valence-electron chi connectivity index (χ1n) is 7.49. The van der Waals surface area contributed by atoms with Gasteiger partial charge in [-0.25, -0.2) is 13.2 Å². The van der Waals surface area contributed by atoms with Crippen molar-refractivity contribution in [3.8, 4) is 0 Å². The largest absolute Gasteiger partial charge is 0.394 e. The minimum absolute atomic E-state index is 0.0772. The number of fused-ring (bicyclic) bond motifs is 1. The van der Waals surface area contributed by atoms with Gasteiger partial charge < -0.3 is 15.2 Å². The topological polar surface area (TPSA) is 41.5 Å². The van der Waals surface area contributed by atoms with Crippen LogP contribution in [0.1, 0.15) is 31.9 Å². The second-order valence-electron chi connectivity index (χ2n) is 6.74. The fraction of sp³-hybridized carbons (Fsp3) is 0.625. The number of rotatable bonds is 4. The molecule has 0 aromatic heterocycles. The average Bonchev–Trinajstić information content (AvgIpc) is 2.92. The molecule has 0 spiro atoms. The summed E-state index contributed by atoms with van der Waals surface area (Å²) in [5.41, 5.74) is 0.0863. The van der Waals surface area contributed by atoms with E-state index >= 15 is 0 Å². The molecule has 4 atom stereocenters. The number of nitrogens with one attached hydrogen (secondary N) is 1. The molecule has 1 aliphatic carbocycles. The Bertz CT molecular complexity index is 556. The van der Waals surface area contributed by atoms with Crippen LogP contribution < -0.4 is 5.32 Å². The number of hydrogen-bond acceptors (Lipinski definition) is 3. The fourth-order valence-electron chi connectivity index (χ4n) is 3.91. The van der Waals surface area contributed by atoms with Crippen molar-refractivity contribution < 1.29 is 23.0 Å². The predicted octanol–water partition coefficient (Wildman–Crippen LogP) is 2.54. The monoisotopic (exact) mass is 315 g/mol. The summed E-state index contributed by atoms with van der Waals surface area (Å²) in [6.45, 7) is 4.52. The summed E-state index contributed by atoms with van der Waals surface area (Å²) >= 11 is 0. The van der Waals surface area contributed by atoms with Gasteiger partial charge in [0.25, 0.3) is 0 Å². The van der Waals surface area contributed by atoms with Gasteiger partial charge >= 0.3 is 0 Å². The second-order valence-corrected chi connectivity index (χ2v) is 6.74. The molecule has 0 amide bonds. The van der Waals surface area contributed by atoms with Crippen LogP contribution in [0.15, 0.2) is 12.1 Å². The highest BCUT2D eigenvalue weighted by atomic mass is 19.2. The van der Waals surface area contributed by atoms with Crippen LogP contribution in [0.25, 0.3) is 0 Å². The van der Waals surface area contributed by atoms with Crippen LogP contribution in [-0.4, -0.2) is 30.5 Å². The van der Waals surface area contributed by atoms with Crippen molar-refractivity contribution in [1.82, 2.24) is 5.32 Å². The van der Waals surface area contributed by atoms with E-state index in [1.54, 1.807) is 0 Å². The molecule has 1 heterocycles. The van der Waals surface area contributed by atoms with Crippen LogP contribution in [0.2, 0.25) is 0 Å². The summed E-state index contributed by atoms with van der Waals surface area (Å²) in [5, 5.41) is 12.8. The van der Waals surface area contributed by atoms with Crippen LogP contribution in [0.5, 0.6) is 0 Å². The Morgan fingerprint density at radius 3 is 2.55 bits per heavy atom. The van der Waals surface area contributed by atoms with E-state index in [-0.39, 0.29) is 29.7 Å². The average molecular weight is 315 g/mol. The molecule has 1 saturated heterocycles. The van der Waals surface area contributed by atoms with Crippen molar-refractivity contribution in [2.45, 2.75) is 38.5 Å². The number of aliphatic hydroxyl groups is 1. The van der Waals surface area contributed by atoms with E-state index in [4.69, 9.17) is 4.74 Å². The normalized spacial score (nSPS) is 30.7. The van der Waals surface area contributed by atoms with E-state index in [1.165, 1.54) is 0 Å². The molecule has 3 rings (SSSR count). The fourth-order valence-corrected chi connectivity index (χ4v) is 3.91. The second kappa shape index (κ2) is 5.51. The van der Waals surface area contributed by atoms with Gasteiger partial charge in [-0.1, -0.05) is 13.8 Å². The summed E-state index contributed by atoms with van der Waals surface area (Å²) in [6, 6.07) is 1.30. The SMILES string of the molecule is CC1(C)C(NC(CO)c2cc(F)c(F)c(F)c2)C2CCOC21. The predicted molar refractivity (Wildman–Crippen MR) is 74.7 cm³/mol.